The van der Waals surface area contributed by atoms with E-state index < -0.39 is 0 Å². The van der Waals surface area contributed by atoms with Crippen molar-refractivity contribution in [2.45, 2.75) is 26.4 Å². The van der Waals surface area contributed by atoms with Crippen molar-refractivity contribution >= 4 is 34.2 Å². The molecule has 116 valence electrons. The molecule has 3 nitrogen and oxygen atoms in total. The van der Waals surface area contributed by atoms with Gasteiger partial charge in [-0.1, -0.05) is 30.3 Å². The van der Waals surface area contributed by atoms with Gasteiger partial charge in [-0.3, -0.25) is 4.79 Å². The standard InChI is InChI=1S/C18H21IN2O/c1-13-7-4-5-8-15(13)12-21(3)18(22)14(2)20-17-10-6-9-16(19)11-17/h4-11,14,20H,12H2,1-3H3. The van der Waals surface area contributed by atoms with E-state index in [-0.39, 0.29) is 11.9 Å². The molecule has 1 unspecified atom stereocenters. The zero-order valence-corrected chi connectivity index (χ0v) is 15.3. The molecule has 0 aliphatic rings. The summed E-state index contributed by atoms with van der Waals surface area (Å²) in [4.78, 5) is 14.3. The van der Waals surface area contributed by atoms with Crippen molar-refractivity contribution in [3.8, 4) is 0 Å². The number of likely N-dealkylation sites (N-methyl/N-ethyl adjacent to an activating group) is 1. The van der Waals surface area contributed by atoms with Crippen LogP contribution in [0.3, 0.4) is 0 Å². The number of hydrogen-bond acceptors (Lipinski definition) is 2. The summed E-state index contributed by atoms with van der Waals surface area (Å²) in [5.74, 6) is 0.0853. The third kappa shape index (κ3) is 4.47. The molecule has 0 fully saturated rings. The van der Waals surface area contributed by atoms with E-state index in [0.29, 0.717) is 6.54 Å². The predicted molar refractivity (Wildman–Crippen MR) is 99.9 cm³/mol. The molecule has 1 amide bonds. The molecule has 0 aliphatic carbocycles. The number of halogens is 1. The molecule has 0 aliphatic heterocycles. The van der Waals surface area contributed by atoms with E-state index in [1.165, 1.54) is 11.1 Å². The summed E-state index contributed by atoms with van der Waals surface area (Å²) in [7, 11) is 1.85. The molecule has 2 aromatic rings. The SMILES string of the molecule is Cc1ccccc1CN(C)C(=O)C(C)Nc1cccc(I)c1. The lowest BCUT2D eigenvalue weighted by molar-refractivity contribution is -0.130. The molecule has 0 bridgehead atoms. The van der Waals surface area contributed by atoms with E-state index in [9.17, 15) is 4.79 Å². The number of amides is 1. The lowest BCUT2D eigenvalue weighted by atomic mass is 10.1. The first-order valence-electron chi connectivity index (χ1n) is 7.29. The van der Waals surface area contributed by atoms with Crippen LogP contribution in [0.1, 0.15) is 18.1 Å². The number of nitrogens with one attached hydrogen (secondary N) is 1. The van der Waals surface area contributed by atoms with Crippen LogP contribution in [0.25, 0.3) is 0 Å². The largest absolute Gasteiger partial charge is 0.374 e. The lowest BCUT2D eigenvalue weighted by Crippen LogP contribution is -2.38. The number of hydrogen-bond donors (Lipinski definition) is 1. The Kier molecular flexibility index (Phi) is 5.83. The predicted octanol–water partition coefficient (Wildman–Crippen LogP) is 4.06. The van der Waals surface area contributed by atoms with Gasteiger partial charge < -0.3 is 10.2 Å². The van der Waals surface area contributed by atoms with Crippen LogP contribution >= 0.6 is 22.6 Å². The Labute approximate surface area is 145 Å². The molecule has 2 rings (SSSR count). The van der Waals surface area contributed by atoms with Crippen molar-refractivity contribution < 1.29 is 4.79 Å². The van der Waals surface area contributed by atoms with Gasteiger partial charge in [-0.05, 0) is 65.8 Å². The van der Waals surface area contributed by atoms with Crippen molar-refractivity contribution in [3.05, 3.63) is 63.2 Å². The minimum absolute atomic E-state index is 0.0853. The second kappa shape index (κ2) is 7.63. The molecule has 0 saturated carbocycles. The Balaban J connectivity index is 1.99. The van der Waals surface area contributed by atoms with Gasteiger partial charge in [-0.25, -0.2) is 0 Å². The number of carbonyl (C=O) groups is 1. The van der Waals surface area contributed by atoms with E-state index in [4.69, 9.17) is 0 Å². The quantitative estimate of drug-likeness (QED) is 0.757. The highest BCUT2D eigenvalue weighted by Crippen LogP contribution is 2.15. The van der Waals surface area contributed by atoms with E-state index in [1.807, 2.05) is 50.4 Å². The van der Waals surface area contributed by atoms with Crippen LogP contribution in [0.2, 0.25) is 0 Å². The van der Waals surface area contributed by atoms with Crippen LogP contribution in [0.15, 0.2) is 48.5 Å². The first-order valence-corrected chi connectivity index (χ1v) is 8.37. The molecular formula is C18H21IN2O. The maximum absolute atomic E-state index is 12.5. The summed E-state index contributed by atoms with van der Waals surface area (Å²) in [5, 5.41) is 3.27. The van der Waals surface area contributed by atoms with Crippen LogP contribution in [0, 0.1) is 10.5 Å². The second-order valence-corrected chi connectivity index (χ2v) is 6.74. The highest BCUT2D eigenvalue weighted by Gasteiger charge is 2.18. The molecule has 22 heavy (non-hydrogen) atoms. The first kappa shape index (κ1) is 16.8. The van der Waals surface area contributed by atoms with Crippen LogP contribution < -0.4 is 5.32 Å². The molecule has 0 aromatic heterocycles. The second-order valence-electron chi connectivity index (χ2n) is 5.50. The normalized spacial score (nSPS) is 11.8. The number of carbonyl (C=O) groups excluding carboxylic acids is 1. The fourth-order valence-electron chi connectivity index (χ4n) is 2.34. The fraction of sp³-hybridized carbons (Fsp3) is 0.278. The van der Waals surface area contributed by atoms with Gasteiger partial charge in [0.15, 0.2) is 0 Å². The van der Waals surface area contributed by atoms with Gasteiger partial charge in [-0.15, -0.1) is 0 Å². The van der Waals surface area contributed by atoms with Crippen LogP contribution in [0.5, 0.6) is 0 Å². The molecule has 0 saturated heterocycles. The molecule has 1 atom stereocenters. The van der Waals surface area contributed by atoms with Gasteiger partial charge >= 0.3 is 0 Å². The number of rotatable bonds is 5. The highest BCUT2D eigenvalue weighted by molar-refractivity contribution is 14.1. The average Bonchev–Trinajstić information content (AvgIpc) is 2.48. The summed E-state index contributed by atoms with van der Waals surface area (Å²) < 4.78 is 1.15. The maximum Gasteiger partial charge on any atom is 0.244 e. The van der Waals surface area contributed by atoms with Crippen molar-refractivity contribution in [1.29, 1.82) is 0 Å². The highest BCUT2D eigenvalue weighted by atomic mass is 127. The summed E-state index contributed by atoms with van der Waals surface area (Å²) in [6.07, 6.45) is 0. The fourth-order valence-corrected chi connectivity index (χ4v) is 2.88. The number of benzene rings is 2. The molecule has 1 N–H and O–H groups in total. The number of nitrogens with zero attached hydrogens (tertiary/aromatic N) is 1. The van der Waals surface area contributed by atoms with Gasteiger partial charge in [0.2, 0.25) is 5.91 Å². The zero-order chi connectivity index (χ0) is 16.1. The van der Waals surface area contributed by atoms with Crippen molar-refractivity contribution in [2.24, 2.45) is 0 Å². The van der Waals surface area contributed by atoms with Gasteiger partial charge in [0.05, 0.1) is 0 Å². The van der Waals surface area contributed by atoms with Crippen molar-refractivity contribution in [3.63, 3.8) is 0 Å². The average molecular weight is 408 g/mol. The topological polar surface area (TPSA) is 32.3 Å². The van der Waals surface area contributed by atoms with Gasteiger partial charge in [0.25, 0.3) is 0 Å². The van der Waals surface area contributed by atoms with Gasteiger partial charge in [-0.2, -0.15) is 0 Å². The van der Waals surface area contributed by atoms with Crippen LogP contribution in [-0.2, 0) is 11.3 Å². The summed E-state index contributed by atoms with van der Waals surface area (Å²) in [5.41, 5.74) is 3.36. The molecule has 4 heteroatoms. The number of aryl methyl sites for hydroxylation is 1. The molecule has 0 spiro atoms. The van der Waals surface area contributed by atoms with Crippen molar-refractivity contribution in [2.75, 3.05) is 12.4 Å². The summed E-state index contributed by atoms with van der Waals surface area (Å²) in [6, 6.07) is 15.9. The lowest BCUT2D eigenvalue weighted by Gasteiger charge is -2.23. The molecular weight excluding hydrogens is 387 g/mol. The zero-order valence-electron chi connectivity index (χ0n) is 13.1. The Bertz CT molecular complexity index is 657. The third-order valence-electron chi connectivity index (χ3n) is 3.62. The summed E-state index contributed by atoms with van der Waals surface area (Å²) >= 11 is 2.27. The van der Waals surface area contributed by atoms with E-state index in [0.717, 1.165) is 9.26 Å². The molecule has 0 radical (unpaired) electrons. The third-order valence-corrected chi connectivity index (χ3v) is 4.29. The van der Waals surface area contributed by atoms with E-state index >= 15 is 0 Å². The van der Waals surface area contributed by atoms with Gasteiger partial charge in [0, 0.05) is 22.8 Å². The first-order chi connectivity index (χ1) is 10.5. The smallest absolute Gasteiger partial charge is 0.244 e. The Morgan fingerprint density at radius 1 is 1.23 bits per heavy atom. The van der Waals surface area contributed by atoms with E-state index in [2.05, 4.69) is 47.0 Å². The van der Waals surface area contributed by atoms with Crippen molar-refractivity contribution in [1.82, 2.24) is 4.90 Å². The summed E-state index contributed by atoms with van der Waals surface area (Å²) in [6.45, 7) is 4.60. The Hall–Kier alpha value is -1.56. The molecule has 0 heterocycles. The monoisotopic (exact) mass is 408 g/mol. The van der Waals surface area contributed by atoms with Crippen LogP contribution in [0.4, 0.5) is 5.69 Å². The Morgan fingerprint density at radius 2 is 1.95 bits per heavy atom. The Morgan fingerprint density at radius 3 is 2.64 bits per heavy atom. The molecule has 2 aromatic carbocycles. The van der Waals surface area contributed by atoms with Crippen LogP contribution in [-0.4, -0.2) is 23.9 Å². The minimum atomic E-state index is -0.257. The minimum Gasteiger partial charge on any atom is -0.374 e. The van der Waals surface area contributed by atoms with E-state index in [1.54, 1.807) is 4.90 Å². The number of anilines is 1. The maximum atomic E-state index is 12.5. The van der Waals surface area contributed by atoms with Gasteiger partial charge in [0.1, 0.15) is 6.04 Å².